The highest BCUT2D eigenvalue weighted by Crippen LogP contribution is 2.17. The van der Waals surface area contributed by atoms with E-state index < -0.39 is 0 Å². The van der Waals surface area contributed by atoms with Gasteiger partial charge in [-0.05, 0) is 58.3 Å². The van der Waals surface area contributed by atoms with Crippen molar-refractivity contribution in [3.8, 4) is 0 Å². The average Bonchev–Trinajstić information content (AvgIpc) is 2.79. The molecule has 0 bridgehead atoms. The Bertz CT molecular complexity index is 337. The highest BCUT2D eigenvalue weighted by Gasteiger charge is 2.18. The van der Waals surface area contributed by atoms with Gasteiger partial charge in [0.15, 0.2) is 0 Å². The summed E-state index contributed by atoms with van der Waals surface area (Å²) in [4.78, 5) is 2.49. The van der Waals surface area contributed by atoms with E-state index in [2.05, 4.69) is 36.1 Å². The lowest BCUT2D eigenvalue weighted by Gasteiger charge is -2.30. The minimum atomic E-state index is 0.451. The molecule has 2 rings (SSSR count). The molecule has 96 valence electrons. The molecule has 4 heteroatoms. The van der Waals surface area contributed by atoms with Gasteiger partial charge in [-0.15, -0.1) is 0 Å². The zero-order valence-corrected chi connectivity index (χ0v) is 11.0. The summed E-state index contributed by atoms with van der Waals surface area (Å²) in [5, 5.41) is 4.59. The zero-order chi connectivity index (χ0) is 12.3. The maximum absolute atomic E-state index is 5.70. The molecule has 0 aliphatic carbocycles. The quantitative estimate of drug-likeness (QED) is 0.864. The number of hydrogen-bond acceptors (Lipinski definition) is 3. The van der Waals surface area contributed by atoms with Gasteiger partial charge in [-0.2, -0.15) is 5.10 Å². The van der Waals surface area contributed by atoms with Gasteiger partial charge in [0.05, 0.1) is 5.69 Å². The Morgan fingerprint density at radius 3 is 2.65 bits per heavy atom. The van der Waals surface area contributed by atoms with Crippen LogP contribution in [0.25, 0.3) is 0 Å². The van der Waals surface area contributed by atoms with Crippen LogP contribution in [0, 0.1) is 5.92 Å². The molecule has 0 radical (unpaired) electrons. The number of piperidine rings is 1. The first-order valence-corrected chi connectivity index (χ1v) is 6.65. The monoisotopic (exact) mass is 236 g/mol. The van der Waals surface area contributed by atoms with Crippen LogP contribution in [-0.4, -0.2) is 34.3 Å². The van der Waals surface area contributed by atoms with Crippen LogP contribution in [0.4, 0.5) is 0 Å². The second kappa shape index (κ2) is 5.65. The summed E-state index contributed by atoms with van der Waals surface area (Å²) in [5.74, 6) is 0.736. The van der Waals surface area contributed by atoms with Gasteiger partial charge in [0, 0.05) is 18.8 Å². The molecule has 0 unspecified atom stereocenters. The first kappa shape index (κ1) is 12.6. The lowest BCUT2D eigenvalue weighted by Crippen LogP contribution is -2.35. The standard InChI is InChI=1S/C13H24N4/c1-11(2)17-8-5-13(15-17)10-16-6-3-12(9-14)4-7-16/h5,8,11-12H,3-4,6-7,9-10,14H2,1-2H3. The number of rotatable bonds is 4. The van der Waals surface area contributed by atoms with Crippen molar-refractivity contribution in [2.45, 2.75) is 39.3 Å². The second-order valence-corrected chi connectivity index (χ2v) is 5.34. The molecule has 2 N–H and O–H groups in total. The molecule has 1 aliphatic rings. The van der Waals surface area contributed by atoms with Crippen molar-refractivity contribution < 1.29 is 0 Å². The first-order chi connectivity index (χ1) is 8.19. The van der Waals surface area contributed by atoms with Crippen LogP contribution in [0.1, 0.15) is 38.4 Å². The Kier molecular flexibility index (Phi) is 4.18. The largest absolute Gasteiger partial charge is 0.330 e. The zero-order valence-electron chi connectivity index (χ0n) is 11.0. The van der Waals surface area contributed by atoms with Gasteiger partial charge in [0.1, 0.15) is 0 Å². The highest BCUT2D eigenvalue weighted by atomic mass is 15.3. The lowest BCUT2D eigenvalue weighted by atomic mass is 9.97. The summed E-state index contributed by atoms with van der Waals surface area (Å²) in [6.45, 7) is 8.46. The van der Waals surface area contributed by atoms with Crippen molar-refractivity contribution in [1.82, 2.24) is 14.7 Å². The molecular weight excluding hydrogens is 212 g/mol. The third kappa shape index (κ3) is 3.30. The molecule has 0 amide bonds. The minimum absolute atomic E-state index is 0.451. The molecule has 1 aromatic heterocycles. The second-order valence-electron chi connectivity index (χ2n) is 5.34. The van der Waals surface area contributed by atoms with E-state index in [1.54, 1.807) is 0 Å². The fraction of sp³-hybridized carbons (Fsp3) is 0.769. The van der Waals surface area contributed by atoms with Crippen molar-refractivity contribution in [2.75, 3.05) is 19.6 Å². The van der Waals surface area contributed by atoms with Gasteiger partial charge in [-0.25, -0.2) is 0 Å². The fourth-order valence-corrected chi connectivity index (χ4v) is 2.36. The van der Waals surface area contributed by atoms with Gasteiger partial charge in [0.25, 0.3) is 0 Å². The summed E-state index contributed by atoms with van der Waals surface area (Å²) in [6, 6.07) is 2.58. The van der Waals surface area contributed by atoms with Gasteiger partial charge in [-0.3, -0.25) is 9.58 Å². The van der Waals surface area contributed by atoms with E-state index in [1.807, 2.05) is 4.68 Å². The van der Waals surface area contributed by atoms with E-state index in [0.29, 0.717) is 6.04 Å². The van der Waals surface area contributed by atoms with Crippen LogP contribution in [0.15, 0.2) is 12.3 Å². The molecule has 1 saturated heterocycles. The van der Waals surface area contributed by atoms with E-state index in [4.69, 9.17) is 5.73 Å². The van der Waals surface area contributed by atoms with Crippen molar-refractivity contribution in [3.63, 3.8) is 0 Å². The van der Waals surface area contributed by atoms with Gasteiger partial charge in [-0.1, -0.05) is 0 Å². The summed E-state index contributed by atoms with van der Waals surface area (Å²) in [7, 11) is 0. The third-order valence-corrected chi connectivity index (χ3v) is 3.62. The molecule has 4 nitrogen and oxygen atoms in total. The molecule has 1 aliphatic heterocycles. The first-order valence-electron chi connectivity index (χ1n) is 6.65. The minimum Gasteiger partial charge on any atom is -0.330 e. The predicted octanol–water partition coefficient (Wildman–Crippen LogP) is 1.63. The van der Waals surface area contributed by atoms with Crippen LogP contribution >= 0.6 is 0 Å². The highest BCUT2D eigenvalue weighted by molar-refractivity contribution is 4.99. The molecule has 0 spiro atoms. The van der Waals surface area contributed by atoms with Gasteiger partial charge >= 0.3 is 0 Å². The normalized spacial score (nSPS) is 19.1. The molecule has 1 aromatic rings. The van der Waals surface area contributed by atoms with Crippen LogP contribution < -0.4 is 5.73 Å². The predicted molar refractivity (Wildman–Crippen MR) is 69.7 cm³/mol. The maximum Gasteiger partial charge on any atom is 0.0764 e. The summed E-state index contributed by atoms with van der Waals surface area (Å²) in [6.07, 6.45) is 4.55. The Morgan fingerprint density at radius 1 is 1.41 bits per heavy atom. The third-order valence-electron chi connectivity index (χ3n) is 3.62. The molecule has 17 heavy (non-hydrogen) atoms. The number of hydrogen-bond donors (Lipinski definition) is 1. The smallest absolute Gasteiger partial charge is 0.0764 e. The van der Waals surface area contributed by atoms with E-state index in [0.717, 1.165) is 32.1 Å². The molecule has 0 saturated carbocycles. The Hall–Kier alpha value is -0.870. The lowest BCUT2D eigenvalue weighted by molar-refractivity contribution is 0.178. The number of nitrogens with zero attached hydrogens (tertiary/aromatic N) is 3. The summed E-state index contributed by atoms with van der Waals surface area (Å²) >= 11 is 0. The average molecular weight is 236 g/mol. The van der Waals surface area contributed by atoms with Crippen LogP contribution in [0.3, 0.4) is 0 Å². The molecule has 2 heterocycles. The Balaban J connectivity index is 1.84. The number of nitrogens with two attached hydrogens (primary N) is 1. The molecule has 0 aromatic carbocycles. The van der Waals surface area contributed by atoms with Crippen molar-refractivity contribution in [1.29, 1.82) is 0 Å². The summed E-state index contributed by atoms with van der Waals surface area (Å²) in [5.41, 5.74) is 6.89. The van der Waals surface area contributed by atoms with Crippen LogP contribution in [0.5, 0.6) is 0 Å². The van der Waals surface area contributed by atoms with E-state index >= 15 is 0 Å². The summed E-state index contributed by atoms with van der Waals surface area (Å²) < 4.78 is 2.03. The van der Waals surface area contributed by atoms with Crippen LogP contribution in [0.2, 0.25) is 0 Å². The fourth-order valence-electron chi connectivity index (χ4n) is 2.36. The van der Waals surface area contributed by atoms with Crippen molar-refractivity contribution >= 4 is 0 Å². The van der Waals surface area contributed by atoms with Gasteiger partial charge < -0.3 is 5.73 Å². The number of likely N-dealkylation sites (tertiary alicyclic amines) is 1. The topological polar surface area (TPSA) is 47.1 Å². The van der Waals surface area contributed by atoms with E-state index in [-0.39, 0.29) is 0 Å². The van der Waals surface area contributed by atoms with E-state index in [1.165, 1.54) is 18.5 Å². The van der Waals surface area contributed by atoms with Crippen molar-refractivity contribution in [2.24, 2.45) is 11.7 Å². The van der Waals surface area contributed by atoms with E-state index in [9.17, 15) is 0 Å². The Labute approximate surface area is 104 Å². The maximum atomic E-state index is 5.70. The SMILES string of the molecule is CC(C)n1ccc(CN2CCC(CN)CC2)n1. The van der Waals surface area contributed by atoms with Crippen LogP contribution in [-0.2, 0) is 6.54 Å². The number of aromatic nitrogens is 2. The van der Waals surface area contributed by atoms with Crippen molar-refractivity contribution in [3.05, 3.63) is 18.0 Å². The Morgan fingerprint density at radius 2 is 2.12 bits per heavy atom. The molecular formula is C13H24N4. The van der Waals surface area contributed by atoms with Gasteiger partial charge in [0.2, 0.25) is 0 Å². The molecule has 1 fully saturated rings. The molecule has 0 atom stereocenters.